The molecule has 1 amide bonds. The van der Waals surface area contributed by atoms with Gasteiger partial charge in [0.25, 0.3) is 0 Å². The summed E-state index contributed by atoms with van der Waals surface area (Å²) in [7, 11) is 0. The molecule has 0 bridgehead atoms. The van der Waals surface area contributed by atoms with Crippen molar-refractivity contribution < 1.29 is 9.90 Å². The number of nitrogens with one attached hydrogen (secondary N) is 1. The van der Waals surface area contributed by atoms with Crippen LogP contribution in [0.3, 0.4) is 0 Å². The Morgan fingerprint density at radius 2 is 2.21 bits per heavy atom. The van der Waals surface area contributed by atoms with E-state index in [-0.39, 0.29) is 11.5 Å². The molecule has 2 N–H and O–H groups in total. The van der Waals surface area contributed by atoms with Crippen molar-refractivity contribution in [1.29, 1.82) is 0 Å². The van der Waals surface area contributed by atoms with Gasteiger partial charge < -0.3 is 15.3 Å². The van der Waals surface area contributed by atoms with Crippen LogP contribution in [0, 0.1) is 5.41 Å². The molecule has 1 heterocycles. The second-order valence-corrected chi connectivity index (χ2v) is 5.12. The van der Waals surface area contributed by atoms with E-state index in [4.69, 9.17) is 5.11 Å². The molecule has 14 heavy (non-hydrogen) atoms. The minimum atomic E-state index is -0.798. The van der Waals surface area contributed by atoms with Crippen LogP contribution >= 0.6 is 0 Å². The van der Waals surface area contributed by atoms with Crippen LogP contribution in [0.1, 0.15) is 27.2 Å². The van der Waals surface area contributed by atoms with E-state index in [1.54, 1.807) is 4.90 Å². The van der Waals surface area contributed by atoms with Crippen LogP contribution in [-0.4, -0.2) is 41.8 Å². The maximum Gasteiger partial charge on any atom is 0.407 e. The Bertz CT molecular complexity index is 205. The highest BCUT2D eigenvalue weighted by molar-refractivity contribution is 5.65. The zero-order chi connectivity index (χ0) is 10.8. The summed E-state index contributed by atoms with van der Waals surface area (Å²) < 4.78 is 0. The fourth-order valence-electron chi connectivity index (χ4n) is 1.77. The van der Waals surface area contributed by atoms with Crippen molar-refractivity contribution in [3.8, 4) is 0 Å². The molecule has 0 radical (unpaired) electrons. The van der Waals surface area contributed by atoms with Crippen molar-refractivity contribution in [2.45, 2.75) is 33.2 Å². The molecule has 1 saturated heterocycles. The fraction of sp³-hybridized carbons (Fsp3) is 0.900. The van der Waals surface area contributed by atoms with Gasteiger partial charge >= 0.3 is 6.09 Å². The molecular formula is C10H20N2O2. The van der Waals surface area contributed by atoms with Gasteiger partial charge in [-0.05, 0) is 18.4 Å². The number of carbonyl (C=O) groups is 1. The summed E-state index contributed by atoms with van der Waals surface area (Å²) in [5.41, 5.74) is 0.0288. The molecule has 0 aliphatic carbocycles. The summed E-state index contributed by atoms with van der Waals surface area (Å²) in [5.74, 6) is 0. The number of carboxylic acid groups (broad SMARTS) is 1. The van der Waals surface area contributed by atoms with E-state index in [0.29, 0.717) is 6.54 Å². The Morgan fingerprint density at radius 3 is 2.57 bits per heavy atom. The van der Waals surface area contributed by atoms with Crippen LogP contribution < -0.4 is 5.32 Å². The van der Waals surface area contributed by atoms with Gasteiger partial charge in [-0.2, -0.15) is 0 Å². The average molecular weight is 200 g/mol. The SMILES string of the molecule is CC(C)(C)CN(C(=O)O)C1CCNC1. The van der Waals surface area contributed by atoms with Gasteiger partial charge in [0, 0.05) is 19.1 Å². The van der Waals surface area contributed by atoms with Crippen molar-refractivity contribution in [2.24, 2.45) is 5.41 Å². The normalized spacial score (nSPS) is 22.4. The molecule has 1 fully saturated rings. The molecule has 0 saturated carbocycles. The Morgan fingerprint density at radius 1 is 1.57 bits per heavy atom. The largest absolute Gasteiger partial charge is 0.465 e. The van der Waals surface area contributed by atoms with E-state index in [1.165, 1.54) is 0 Å². The third-order valence-corrected chi connectivity index (χ3v) is 2.37. The third-order valence-electron chi connectivity index (χ3n) is 2.37. The molecule has 0 spiro atoms. The van der Waals surface area contributed by atoms with Gasteiger partial charge in [-0.1, -0.05) is 20.8 Å². The Balaban J connectivity index is 2.59. The quantitative estimate of drug-likeness (QED) is 0.708. The Labute approximate surface area is 85.3 Å². The molecule has 0 aromatic carbocycles. The van der Waals surface area contributed by atoms with Crippen molar-refractivity contribution >= 4 is 6.09 Å². The van der Waals surface area contributed by atoms with Crippen molar-refractivity contribution in [2.75, 3.05) is 19.6 Å². The fourth-order valence-corrected chi connectivity index (χ4v) is 1.77. The molecule has 4 heteroatoms. The van der Waals surface area contributed by atoms with Gasteiger partial charge in [0.2, 0.25) is 0 Å². The van der Waals surface area contributed by atoms with Crippen LogP contribution in [-0.2, 0) is 0 Å². The predicted molar refractivity (Wildman–Crippen MR) is 55.5 cm³/mol. The van der Waals surface area contributed by atoms with Crippen molar-refractivity contribution in [3.05, 3.63) is 0 Å². The first-order chi connectivity index (χ1) is 6.40. The smallest absolute Gasteiger partial charge is 0.407 e. The van der Waals surface area contributed by atoms with Gasteiger partial charge in [0.15, 0.2) is 0 Å². The predicted octanol–water partition coefficient (Wildman–Crippen LogP) is 1.37. The van der Waals surface area contributed by atoms with Crippen LogP contribution in [0.4, 0.5) is 4.79 Å². The van der Waals surface area contributed by atoms with E-state index in [9.17, 15) is 4.79 Å². The first kappa shape index (κ1) is 11.3. The maximum absolute atomic E-state index is 11.1. The van der Waals surface area contributed by atoms with E-state index < -0.39 is 6.09 Å². The average Bonchev–Trinajstić information content (AvgIpc) is 2.49. The summed E-state index contributed by atoms with van der Waals surface area (Å²) in [6, 6.07) is 0.159. The van der Waals surface area contributed by atoms with Gasteiger partial charge in [-0.15, -0.1) is 0 Å². The summed E-state index contributed by atoms with van der Waals surface area (Å²) in [4.78, 5) is 12.6. The lowest BCUT2D eigenvalue weighted by Gasteiger charge is -2.31. The number of hydrogen-bond donors (Lipinski definition) is 2. The van der Waals surface area contributed by atoms with Crippen LogP contribution in [0.15, 0.2) is 0 Å². The van der Waals surface area contributed by atoms with Crippen molar-refractivity contribution in [3.63, 3.8) is 0 Å². The molecular weight excluding hydrogens is 180 g/mol. The first-order valence-corrected chi connectivity index (χ1v) is 5.10. The van der Waals surface area contributed by atoms with Gasteiger partial charge in [-0.25, -0.2) is 4.79 Å². The van der Waals surface area contributed by atoms with Gasteiger partial charge in [0.05, 0.1) is 0 Å². The molecule has 0 aromatic rings. The highest BCUT2D eigenvalue weighted by Gasteiger charge is 2.29. The Kier molecular flexibility index (Phi) is 3.37. The highest BCUT2D eigenvalue weighted by atomic mass is 16.4. The summed E-state index contributed by atoms with van der Waals surface area (Å²) in [6.07, 6.45) is 0.135. The molecule has 1 atom stereocenters. The highest BCUT2D eigenvalue weighted by Crippen LogP contribution is 2.19. The standard InChI is InChI=1S/C10H20N2O2/c1-10(2,3)7-12(9(13)14)8-4-5-11-6-8/h8,11H,4-7H2,1-3H3,(H,13,14). The number of amides is 1. The lowest BCUT2D eigenvalue weighted by molar-refractivity contribution is 0.106. The molecule has 4 nitrogen and oxygen atoms in total. The van der Waals surface area contributed by atoms with E-state index >= 15 is 0 Å². The first-order valence-electron chi connectivity index (χ1n) is 5.10. The summed E-state index contributed by atoms with van der Waals surface area (Å²) >= 11 is 0. The van der Waals surface area contributed by atoms with Crippen molar-refractivity contribution in [1.82, 2.24) is 10.2 Å². The van der Waals surface area contributed by atoms with Gasteiger partial charge in [-0.3, -0.25) is 0 Å². The maximum atomic E-state index is 11.1. The zero-order valence-electron chi connectivity index (χ0n) is 9.21. The topological polar surface area (TPSA) is 52.6 Å². The van der Waals surface area contributed by atoms with E-state index in [0.717, 1.165) is 19.5 Å². The molecule has 0 aromatic heterocycles. The Hall–Kier alpha value is -0.770. The molecule has 1 rings (SSSR count). The molecule has 82 valence electrons. The summed E-state index contributed by atoms with van der Waals surface area (Å²) in [6.45, 7) is 8.51. The number of hydrogen-bond acceptors (Lipinski definition) is 2. The molecule has 1 unspecified atom stereocenters. The van der Waals surface area contributed by atoms with E-state index in [1.807, 2.05) is 0 Å². The number of rotatable bonds is 2. The lowest BCUT2D eigenvalue weighted by atomic mass is 9.95. The minimum absolute atomic E-state index is 0.0288. The second kappa shape index (κ2) is 4.17. The third kappa shape index (κ3) is 3.18. The van der Waals surface area contributed by atoms with E-state index in [2.05, 4.69) is 26.1 Å². The zero-order valence-corrected chi connectivity index (χ0v) is 9.21. The molecule has 1 aliphatic heterocycles. The number of nitrogens with zero attached hydrogens (tertiary/aromatic N) is 1. The minimum Gasteiger partial charge on any atom is -0.465 e. The van der Waals surface area contributed by atoms with Gasteiger partial charge in [0.1, 0.15) is 0 Å². The second-order valence-electron chi connectivity index (χ2n) is 5.12. The van der Waals surface area contributed by atoms with Crippen LogP contribution in [0.25, 0.3) is 0 Å². The van der Waals surface area contributed by atoms with Crippen LogP contribution in [0.5, 0.6) is 0 Å². The molecule has 1 aliphatic rings. The lowest BCUT2D eigenvalue weighted by Crippen LogP contribution is -2.45. The van der Waals surface area contributed by atoms with Crippen LogP contribution in [0.2, 0.25) is 0 Å². The monoisotopic (exact) mass is 200 g/mol. The summed E-state index contributed by atoms with van der Waals surface area (Å²) in [5, 5.41) is 12.3.